The van der Waals surface area contributed by atoms with Crippen molar-refractivity contribution in [2.75, 3.05) is 31.7 Å². The Hall–Kier alpha value is -3.66. The van der Waals surface area contributed by atoms with Crippen LogP contribution in [0.1, 0.15) is 32.3 Å². The van der Waals surface area contributed by atoms with Gasteiger partial charge in [0.2, 0.25) is 0 Å². The van der Waals surface area contributed by atoms with Crippen LogP contribution < -0.4 is 24.3 Å². The third-order valence-electron chi connectivity index (χ3n) is 4.50. The van der Waals surface area contributed by atoms with E-state index < -0.39 is 5.91 Å². The van der Waals surface area contributed by atoms with Crippen molar-refractivity contribution in [2.24, 2.45) is 0 Å². The minimum Gasteiger partial charge on any atom is -0.490 e. The van der Waals surface area contributed by atoms with Crippen LogP contribution in [0.4, 0.5) is 5.69 Å². The number of unbranched alkanes of at least 4 members (excludes halogenated alkanes) is 1. The molecule has 3 rings (SSSR count). The van der Waals surface area contributed by atoms with Crippen molar-refractivity contribution in [1.82, 2.24) is 0 Å². The number of carbonyl (C=O) groups is 1. The van der Waals surface area contributed by atoms with E-state index in [0.717, 1.165) is 12.8 Å². The monoisotopic (exact) mass is 422 g/mol. The Morgan fingerprint density at radius 3 is 2.65 bits per heavy atom. The van der Waals surface area contributed by atoms with Crippen molar-refractivity contribution in [3.63, 3.8) is 0 Å². The van der Waals surface area contributed by atoms with Crippen LogP contribution in [0, 0.1) is 11.3 Å². The van der Waals surface area contributed by atoms with Crippen LogP contribution in [0.3, 0.4) is 0 Å². The molecular weight excluding hydrogens is 396 g/mol. The van der Waals surface area contributed by atoms with Gasteiger partial charge >= 0.3 is 0 Å². The minimum atomic E-state index is -0.514. The summed E-state index contributed by atoms with van der Waals surface area (Å²) in [6.45, 7) is 6.01. The van der Waals surface area contributed by atoms with E-state index in [1.54, 1.807) is 36.4 Å². The van der Waals surface area contributed by atoms with E-state index in [4.69, 9.17) is 18.9 Å². The number of carbonyl (C=O) groups excluding carboxylic acids is 1. The number of ether oxygens (including phenoxy) is 4. The van der Waals surface area contributed by atoms with E-state index in [2.05, 4.69) is 12.2 Å². The summed E-state index contributed by atoms with van der Waals surface area (Å²) in [5, 5.41) is 12.2. The fourth-order valence-corrected chi connectivity index (χ4v) is 2.96. The maximum absolute atomic E-state index is 12.6. The summed E-state index contributed by atoms with van der Waals surface area (Å²) in [5.74, 6) is 1.90. The Kier molecular flexibility index (Phi) is 7.77. The Bertz CT molecular complexity index is 994. The van der Waals surface area contributed by atoms with Gasteiger partial charge in [-0.3, -0.25) is 4.79 Å². The van der Waals surface area contributed by atoms with Gasteiger partial charge < -0.3 is 24.3 Å². The molecule has 7 heteroatoms. The minimum absolute atomic E-state index is 0.0306. The van der Waals surface area contributed by atoms with Crippen molar-refractivity contribution in [3.05, 3.63) is 47.5 Å². The summed E-state index contributed by atoms with van der Waals surface area (Å²) >= 11 is 0. The quantitative estimate of drug-likeness (QED) is 0.361. The number of hydrogen-bond acceptors (Lipinski definition) is 6. The Morgan fingerprint density at radius 2 is 1.90 bits per heavy atom. The first-order valence-corrected chi connectivity index (χ1v) is 10.4. The van der Waals surface area contributed by atoms with E-state index >= 15 is 0 Å². The molecule has 0 aromatic heterocycles. The van der Waals surface area contributed by atoms with Crippen molar-refractivity contribution in [3.8, 4) is 29.1 Å². The van der Waals surface area contributed by atoms with Gasteiger partial charge in [-0.1, -0.05) is 19.4 Å². The number of rotatable bonds is 9. The molecule has 0 atom stereocenters. The lowest BCUT2D eigenvalue weighted by molar-refractivity contribution is -0.112. The first-order valence-electron chi connectivity index (χ1n) is 10.4. The van der Waals surface area contributed by atoms with Gasteiger partial charge in [0.05, 0.1) is 13.2 Å². The second kappa shape index (κ2) is 10.9. The molecule has 0 aliphatic carbocycles. The predicted octanol–water partition coefficient (Wildman–Crippen LogP) is 4.58. The molecule has 0 spiro atoms. The number of nitriles is 1. The molecule has 162 valence electrons. The van der Waals surface area contributed by atoms with E-state index in [0.29, 0.717) is 60.7 Å². The largest absolute Gasteiger partial charge is 0.490 e. The zero-order valence-electron chi connectivity index (χ0n) is 17.8. The van der Waals surface area contributed by atoms with Gasteiger partial charge in [-0.15, -0.1) is 0 Å². The number of amides is 1. The van der Waals surface area contributed by atoms with Gasteiger partial charge in [0.15, 0.2) is 23.0 Å². The Morgan fingerprint density at radius 1 is 1.10 bits per heavy atom. The first kappa shape index (κ1) is 22.0. The van der Waals surface area contributed by atoms with Crippen molar-refractivity contribution >= 4 is 17.7 Å². The smallest absolute Gasteiger partial charge is 0.266 e. The molecule has 7 nitrogen and oxygen atoms in total. The summed E-state index contributed by atoms with van der Waals surface area (Å²) in [7, 11) is 0. The molecule has 0 radical (unpaired) electrons. The Balaban J connectivity index is 1.76. The van der Waals surface area contributed by atoms with Crippen molar-refractivity contribution < 1.29 is 23.7 Å². The molecule has 0 saturated heterocycles. The van der Waals surface area contributed by atoms with E-state index in [1.165, 1.54) is 6.08 Å². The summed E-state index contributed by atoms with van der Waals surface area (Å²) in [4.78, 5) is 12.6. The number of nitrogens with zero attached hydrogens (tertiary/aromatic N) is 1. The molecule has 0 unspecified atom stereocenters. The highest BCUT2D eigenvalue weighted by atomic mass is 16.6. The molecule has 0 fully saturated rings. The molecule has 0 bridgehead atoms. The number of anilines is 1. The van der Waals surface area contributed by atoms with Gasteiger partial charge in [0.1, 0.15) is 24.9 Å². The molecule has 1 amide bonds. The summed E-state index contributed by atoms with van der Waals surface area (Å²) in [5.41, 5.74) is 1.15. The second-order valence-corrected chi connectivity index (χ2v) is 6.82. The SMILES string of the molecule is CCCCOc1ccc(/C=C(\C#N)C(=O)Nc2ccc3c(c2)OCCO3)cc1OCC. The fourth-order valence-electron chi connectivity index (χ4n) is 2.96. The number of hydrogen-bond donors (Lipinski definition) is 1. The number of benzene rings is 2. The van der Waals surface area contributed by atoms with Gasteiger partial charge in [-0.25, -0.2) is 0 Å². The standard InChI is InChI=1S/C24H26N2O5/c1-3-5-10-29-20-8-6-17(14-22(20)28-4-2)13-18(16-25)24(27)26-19-7-9-21-23(15-19)31-12-11-30-21/h6-9,13-15H,3-5,10-12H2,1-2H3,(H,26,27)/b18-13+. The lowest BCUT2D eigenvalue weighted by Crippen LogP contribution is -2.17. The second-order valence-electron chi connectivity index (χ2n) is 6.82. The van der Waals surface area contributed by atoms with E-state index in [-0.39, 0.29) is 5.57 Å². The Labute approximate surface area is 182 Å². The molecule has 2 aromatic rings. The maximum atomic E-state index is 12.6. The molecule has 0 saturated carbocycles. The molecule has 1 heterocycles. The highest BCUT2D eigenvalue weighted by Gasteiger charge is 2.15. The van der Waals surface area contributed by atoms with Crippen LogP contribution in [0.5, 0.6) is 23.0 Å². The zero-order chi connectivity index (χ0) is 22.1. The number of nitrogens with one attached hydrogen (secondary N) is 1. The molecule has 1 aliphatic rings. The first-order chi connectivity index (χ1) is 15.1. The number of fused-ring (bicyclic) bond motifs is 1. The van der Waals surface area contributed by atoms with Crippen LogP contribution in [-0.2, 0) is 4.79 Å². The zero-order valence-corrected chi connectivity index (χ0v) is 17.8. The van der Waals surface area contributed by atoms with Crippen LogP contribution in [0.25, 0.3) is 6.08 Å². The van der Waals surface area contributed by atoms with Gasteiger partial charge in [-0.2, -0.15) is 5.26 Å². The van der Waals surface area contributed by atoms with Crippen molar-refractivity contribution in [2.45, 2.75) is 26.7 Å². The average molecular weight is 422 g/mol. The van der Waals surface area contributed by atoms with Crippen LogP contribution in [0.2, 0.25) is 0 Å². The molecule has 1 N–H and O–H groups in total. The summed E-state index contributed by atoms with van der Waals surface area (Å²) < 4.78 is 22.5. The van der Waals surface area contributed by atoms with Crippen LogP contribution >= 0.6 is 0 Å². The van der Waals surface area contributed by atoms with Crippen LogP contribution in [0.15, 0.2) is 42.0 Å². The van der Waals surface area contributed by atoms with Gasteiger partial charge in [0, 0.05) is 11.8 Å². The predicted molar refractivity (Wildman–Crippen MR) is 118 cm³/mol. The maximum Gasteiger partial charge on any atom is 0.266 e. The fraction of sp³-hybridized carbons (Fsp3) is 0.333. The third kappa shape index (κ3) is 5.92. The third-order valence-corrected chi connectivity index (χ3v) is 4.50. The van der Waals surface area contributed by atoms with E-state index in [9.17, 15) is 10.1 Å². The normalized spacial score (nSPS) is 12.6. The van der Waals surface area contributed by atoms with Gasteiger partial charge in [0.25, 0.3) is 5.91 Å². The van der Waals surface area contributed by atoms with Gasteiger partial charge in [-0.05, 0) is 49.2 Å². The van der Waals surface area contributed by atoms with E-state index in [1.807, 2.05) is 13.0 Å². The van der Waals surface area contributed by atoms with Crippen molar-refractivity contribution in [1.29, 1.82) is 5.26 Å². The topological polar surface area (TPSA) is 89.8 Å². The lowest BCUT2D eigenvalue weighted by Gasteiger charge is -2.18. The molecule has 2 aromatic carbocycles. The lowest BCUT2D eigenvalue weighted by atomic mass is 10.1. The highest BCUT2D eigenvalue weighted by Crippen LogP contribution is 2.33. The molecule has 31 heavy (non-hydrogen) atoms. The molecular formula is C24H26N2O5. The summed E-state index contributed by atoms with van der Waals surface area (Å²) in [6, 6.07) is 12.4. The average Bonchev–Trinajstić information content (AvgIpc) is 2.79. The molecule has 1 aliphatic heterocycles. The highest BCUT2D eigenvalue weighted by molar-refractivity contribution is 6.09. The van der Waals surface area contributed by atoms with Crippen LogP contribution in [-0.4, -0.2) is 32.3 Å². The summed E-state index contributed by atoms with van der Waals surface area (Å²) in [6.07, 6.45) is 3.51.